The van der Waals surface area contributed by atoms with E-state index in [0.29, 0.717) is 29.3 Å². The molecule has 0 radical (unpaired) electrons. The predicted octanol–water partition coefficient (Wildman–Crippen LogP) is 6.60. The molecule has 0 aromatic heterocycles. The van der Waals surface area contributed by atoms with Crippen LogP contribution >= 0.6 is 11.8 Å². The minimum absolute atomic E-state index is 0.257. The van der Waals surface area contributed by atoms with Crippen molar-refractivity contribution in [1.29, 1.82) is 0 Å². The lowest BCUT2D eigenvalue weighted by molar-refractivity contribution is -0.137. The van der Waals surface area contributed by atoms with Crippen LogP contribution in [0.3, 0.4) is 0 Å². The minimum Gasteiger partial charge on any atom is -0.405 e. The molecule has 3 aromatic carbocycles. The molecule has 39 heavy (non-hydrogen) atoms. The van der Waals surface area contributed by atoms with E-state index in [9.17, 15) is 22.0 Å². The molecule has 3 atom stereocenters. The van der Waals surface area contributed by atoms with E-state index in [1.54, 1.807) is 12.2 Å². The smallest absolute Gasteiger partial charge is 0.405 e. The van der Waals surface area contributed by atoms with Gasteiger partial charge in [0.1, 0.15) is 0 Å². The highest BCUT2D eigenvalue weighted by Gasteiger charge is 2.34. The summed E-state index contributed by atoms with van der Waals surface area (Å²) in [5.41, 5.74) is 15.0. The summed E-state index contributed by atoms with van der Waals surface area (Å²) in [6, 6.07) is 13.5. The van der Waals surface area contributed by atoms with Crippen LogP contribution < -0.4 is 16.8 Å². The maximum atomic E-state index is 14.1. The zero-order chi connectivity index (χ0) is 28.2. The van der Waals surface area contributed by atoms with Crippen molar-refractivity contribution in [3.63, 3.8) is 0 Å². The van der Waals surface area contributed by atoms with E-state index >= 15 is 0 Å². The molecule has 1 aliphatic rings. The van der Waals surface area contributed by atoms with Gasteiger partial charge in [0.05, 0.1) is 16.9 Å². The Kier molecular flexibility index (Phi) is 8.76. The first kappa shape index (κ1) is 28.4. The first-order chi connectivity index (χ1) is 18.6. The van der Waals surface area contributed by atoms with Crippen LogP contribution in [0.4, 0.5) is 22.0 Å². The molecule has 1 aliphatic heterocycles. The molecule has 0 fully saturated rings. The van der Waals surface area contributed by atoms with Gasteiger partial charge >= 0.3 is 6.18 Å². The van der Waals surface area contributed by atoms with Crippen LogP contribution in [0.5, 0.6) is 0 Å². The van der Waals surface area contributed by atoms with Crippen LogP contribution in [0.15, 0.2) is 78.4 Å². The molecule has 4 rings (SSSR count). The highest BCUT2D eigenvalue weighted by molar-refractivity contribution is 8.14. The van der Waals surface area contributed by atoms with Crippen LogP contribution in [0.2, 0.25) is 0 Å². The van der Waals surface area contributed by atoms with Crippen molar-refractivity contribution in [2.45, 2.75) is 29.9 Å². The molecular weight excluding hydrogens is 531 g/mol. The summed E-state index contributed by atoms with van der Waals surface area (Å²) in [4.78, 5) is 4.76. The van der Waals surface area contributed by atoms with Crippen LogP contribution in [-0.2, 0) is 12.6 Å². The number of hydrogen-bond donors (Lipinski definition) is 3. The molecule has 0 amide bonds. The third-order valence-corrected chi connectivity index (χ3v) is 7.55. The quantitative estimate of drug-likeness (QED) is 0.272. The Bertz CT molecular complexity index is 1390. The molecule has 0 saturated carbocycles. The molecular formula is C29H27F5N4S. The average molecular weight is 559 g/mol. The Morgan fingerprint density at radius 1 is 0.974 bits per heavy atom. The van der Waals surface area contributed by atoms with Crippen LogP contribution in [0, 0.1) is 11.6 Å². The maximum absolute atomic E-state index is 14.1. The number of hydrogen-bond acceptors (Lipinski definition) is 5. The lowest BCUT2D eigenvalue weighted by Crippen LogP contribution is -2.37. The number of nitrogens with one attached hydrogen (secondary N) is 1. The van der Waals surface area contributed by atoms with Gasteiger partial charge in [0.25, 0.3) is 0 Å². The number of amidine groups is 1. The van der Waals surface area contributed by atoms with Gasteiger partial charge in [0.2, 0.25) is 0 Å². The number of rotatable bonds is 8. The zero-order valence-electron chi connectivity index (χ0n) is 20.8. The van der Waals surface area contributed by atoms with Gasteiger partial charge in [-0.15, -0.1) is 0 Å². The Morgan fingerprint density at radius 3 is 2.33 bits per heavy atom. The van der Waals surface area contributed by atoms with Crippen LogP contribution in [-0.4, -0.2) is 17.8 Å². The third kappa shape index (κ3) is 6.88. The topological polar surface area (TPSA) is 76.4 Å². The number of nitrogens with two attached hydrogens (primary N) is 2. The van der Waals surface area contributed by atoms with Crippen molar-refractivity contribution < 1.29 is 22.0 Å². The normalized spacial score (nSPS) is 18.3. The van der Waals surface area contributed by atoms with Gasteiger partial charge in [-0.1, -0.05) is 54.7 Å². The number of benzene rings is 3. The highest BCUT2D eigenvalue weighted by atomic mass is 32.2. The number of nitrogens with zero attached hydrogens (tertiary/aromatic N) is 1. The van der Waals surface area contributed by atoms with Gasteiger partial charge in [-0.25, -0.2) is 8.78 Å². The van der Waals surface area contributed by atoms with Crippen molar-refractivity contribution in [2.24, 2.45) is 16.5 Å². The third-order valence-electron chi connectivity index (χ3n) is 6.30. The second-order valence-electron chi connectivity index (χ2n) is 9.08. The lowest BCUT2D eigenvalue weighted by Gasteiger charge is -2.19. The summed E-state index contributed by atoms with van der Waals surface area (Å²) in [7, 11) is 0. The Balaban J connectivity index is 1.52. The van der Waals surface area contributed by atoms with E-state index < -0.39 is 35.5 Å². The summed E-state index contributed by atoms with van der Waals surface area (Å²) in [6.45, 7) is 4.13. The Labute approximate surface area is 227 Å². The lowest BCUT2D eigenvalue weighted by atomic mass is 9.95. The van der Waals surface area contributed by atoms with E-state index in [1.165, 1.54) is 36.2 Å². The zero-order valence-corrected chi connectivity index (χ0v) is 21.6. The van der Waals surface area contributed by atoms with Gasteiger partial charge in [0.15, 0.2) is 16.8 Å². The number of halogens is 5. The first-order valence-corrected chi connectivity index (χ1v) is 13.0. The molecule has 0 bridgehead atoms. The van der Waals surface area contributed by atoms with Gasteiger partial charge in [0, 0.05) is 12.6 Å². The molecule has 0 spiro atoms. The number of aliphatic imine (C=N–C) groups is 1. The summed E-state index contributed by atoms with van der Waals surface area (Å²) in [5, 5.41) is 3.53. The molecule has 0 aliphatic carbocycles. The van der Waals surface area contributed by atoms with Crippen molar-refractivity contribution in [2.75, 3.05) is 6.54 Å². The molecule has 4 nitrogen and oxygen atoms in total. The molecule has 204 valence electrons. The van der Waals surface area contributed by atoms with E-state index in [1.807, 2.05) is 18.2 Å². The monoisotopic (exact) mass is 558 g/mol. The molecule has 0 saturated heterocycles. The van der Waals surface area contributed by atoms with E-state index in [4.69, 9.17) is 16.5 Å². The maximum Gasteiger partial charge on any atom is 0.416 e. The van der Waals surface area contributed by atoms with Crippen molar-refractivity contribution in [3.05, 3.63) is 118 Å². The van der Waals surface area contributed by atoms with Crippen LogP contribution in [0.1, 0.15) is 44.7 Å². The average Bonchev–Trinajstić information content (AvgIpc) is 3.33. The van der Waals surface area contributed by atoms with Gasteiger partial charge < -0.3 is 16.8 Å². The molecule has 10 heteroatoms. The van der Waals surface area contributed by atoms with E-state index in [0.717, 1.165) is 41.0 Å². The largest absolute Gasteiger partial charge is 0.416 e. The van der Waals surface area contributed by atoms with E-state index in [-0.39, 0.29) is 5.25 Å². The summed E-state index contributed by atoms with van der Waals surface area (Å²) in [6.07, 6.45) is 0.870. The first-order valence-electron chi connectivity index (χ1n) is 12.1. The fraction of sp³-hybridized carbons (Fsp3) is 0.207. The predicted molar refractivity (Wildman–Crippen MR) is 148 cm³/mol. The summed E-state index contributed by atoms with van der Waals surface area (Å²) < 4.78 is 66.2. The van der Waals surface area contributed by atoms with Crippen molar-refractivity contribution in [3.8, 4) is 0 Å². The summed E-state index contributed by atoms with van der Waals surface area (Å²) in [5.74, 6) is -1.90. The SMILES string of the molecule is C=Cc1ccc(C2SC(NC[C@@H](N)Cc3ccc(C(F)(F)F)cc3)=NC2c2ccc(F)c(F)c2)cc1/C=C\N. The molecule has 5 N–H and O–H groups in total. The van der Waals surface area contributed by atoms with Gasteiger partial charge in [-0.2, -0.15) is 13.2 Å². The van der Waals surface area contributed by atoms with Crippen LogP contribution in [0.25, 0.3) is 12.2 Å². The minimum atomic E-state index is -4.39. The van der Waals surface area contributed by atoms with Gasteiger partial charge in [-0.05, 0) is 76.8 Å². The Morgan fingerprint density at radius 2 is 1.69 bits per heavy atom. The van der Waals surface area contributed by atoms with Gasteiger partial charge in [-0.3, -0.25) is 4.99 Å². The standard InChI is InChI=1S/C29H27F5N4S/c1-2-18-5-6-21(14-19(18)11-12-35)27-26(20-7-10-24(30)25(31)15-20)38-28(39-27)37-16-23(36)13-17-3-8-22(9-4-17)29(32,33)34/h2-12,14-15,23,26-27H,1,13,16,35-36H2,(H,37,38)/b12-11-/t23-,26?,27?/m0/s1. The molecule has 1 heterocycles. The van der Waals surface area contributed by atoms with Crippen molar-refractivity contribution in [1.82, 2.24) is 5.32 Å². The van der Waals surface area contributed by atoms with E-state index in [2.05, 4.69) is 11.9 Å². The number of alkyl halides is 3. The highest BCUT2D eigenvalue weighted by Crippen LogP contribution is 2.48. The second-order valence-corrected chi connectivity index (χ2v) is 10.2. The second kappa shape index (κ2) is 12.0. The number of thioether (sulfide) groups is 1. The Hall–Kier alpha value is -3.63. The molecule has 3 aromatic rings. The fourth-order valence-electron chi connectivity index (χ4n) is 4.32. The van der Waals surface area contributed by atoms with Crippen molar-refractivity contribution >= 4 is 29.1 Å². The molecule has 2 unspecified atom stereocenters. The fourth-order valence-corrected chi connectivity index (χ4v) is 5.53. The summed E-state index contributed by atoms with van der Waals surface area (Å²) >= 11 is 1.43.